The lowest BCUT2D eigenvalue weighted by molar-refractivity contribution is -0.123. The highest BCUT2D eigenvalue weighted by Gasteiger charge is 2.03. The van der Waals surface area contributed by atoms with E-state index in [-0.39, 0.29) is 36.2 Å². The molecule has 0 bridgehead atoms. The van der Waals surface area contributed by atoms with E-state index in [9.17, 15) is 19.8 Å². The van der Waals surface area contributed by atoms with Gasteiger partial charge in [-0.15, -0.1) is 0 Å². The summed E-state index contributed by atoms with van der Waals surface area (Å²) in [4.78, 5) is 23.4. The molecule has 0 aliphatic heterocycles. The highest BCUT2D eigenvalue weighted by atomic mass is 16.3. The average Bonchev–Trinajstić information content (AvgIpc) is 2.68. The van der Waals surface area contributed by atoms with Crippen LogP contribution in [0.5, 0.6) is 11.5 Å². The lowest BCUT2D eigenvalue weighted by Crippen LogP contribution is -2.19. The molecule has 0 heterocycles. The monoisotopic (exact) mass is 382 g/mol. The van der Waals surface area contributed by atoms with Gasteiger partial charge in [0.25, 0.3) is 0 Å². The molecule has 8 nitrogen and oxygen atoms in total. The topological polar surface area (TPSA) is 123 Å². The van der Waals surface area contributed by atoms with E-state index in [0.717, 1.165) is 11.1 Å². The zero-order valence-corrected chi connectivity index (χ0v) is 15.2. The summed E-state index contributed by atoms with van der Waals surface area (Å²) >= 11 is 0. The van der Waals surface area contributed by atoms with Gasteiger partial charge in [-0.1, -0.05) is 0 Å². The van der Waals surface area contributed by atoms with Crippen LogP contribution in [0, 0.1) is 0 Å². The second-order valence-corrected chi connectivity index (χ2v) is 5.98. The van der Waals surface area contributed by atoms with Gasteiger partial charge in [-0.25, -0.2) is 10.9 Å². The van der Waals surface area contributed by atoms with E-state index in [1.54, 1.807) is 24.3 Å². The van der Waals surface area contributed by atoms with Gasteiger partial charge in [-0.05, 0) is 72.5 Å². The molecule has 0 aliphatic carbocycles. The van der Waals surface area contributed by atoms with Crippen molar-refractivity contribution in [3.63, 3.8) is 0 Å². The number of amides is 2. The SMILES string of the molecule is O=C(CCCCC(=O)NN=Cc1ccc(O)cc1)NN=Cc1ccc(O)cc1. The van der Waals surface area contributed by atoms with Gasteiger partial charge in [0.1, 0.15) is 11.5 Å². The summed E-state index contributed by atoms with van der Waals surface area (Å²) in [7, 11) is 0. The molecule has 0 aromatic heterocycles. The summed E-state index contributed by atoms with van der Waals surface area (Å²) in [6.07, 6.45) is 4.59. The first-order valence-electron chi connectivity index (χ1n) is 8.75. The van der Waals surface area contributed by atoms with E-state index in [2.05, 4.69) is 21.1 Å². The Labute approximate surface area is 162 Å². The number of rotatable bonds is 9. The molecule has 0 fully saturated rings. The van der Waals surface area contributed by atoms with Gasteiger partial charge >= 0.3 is 0 Å². The van der Waals surface area contributed by atoms with Gasteiger partial charge in [0.05, 0.1) is 12.4 Å². The summed E-state index contributed by atoms with van der Waals surface area (Å²) in [5, 5.41) is 26.0. The molecule has 0 aliphatic rings. The molecule has 2 aromatic rings. The molecule has 2 rings (SSSR count). The number of carbonyl (C=O) groups is 2. The van der Waals surface area contributed by atoms with Crippen LogP contribution in [0.25, 0.3) is 0 Å². The molecule has 4 N–H and O–H groups in total. The van der Waals surface area contributed by atoms with E-state index >= 15 is 0 Å². The molecular formula is C20H22N4O4. The number of unbranched alkanes of at least 4 members (excludes halogenated alkanes) is 1. The quantitative estimate of drug-likeness (QED) is 0.302. The molecule has 2 amide bonds. The molecule has 0 radical (unpaired) electrons. The number of hydrogen-bond acceptors (Lipinski definition) is 6. The summed E-state index contributed by atoms with van der Waals surface area (Å²) < 4.78 is 0. The predicted octanol–water partition coefficient (Wildman–Crippen LogP) is 2.26. The fourth-order valence-electron chi connectivity index (χ4n) is 2.16. The lowest BCUT2D eigenvalue weighted by atomic mass is 10.2. The van der Waals surface area contributed by atoms with Gasteiger partial charge in [0, 0.05) is 12.8 Å². The van der Waals surface area contributed by atoms with Crippen LogP contribution in [0.4, 0.5) is 0 Å². The molecule has 0 spiro atoms. The Hall–Kier alpha value is -3.68. The van der Waals surface area contributed by atoms with Crippen LogP contribution in [-0.2, 0) is 9.59 Å². The summed E-state index contributed by atoms with van der Waals surface area (Å²) in [6, 6.07) is 12.8. The Morgan fingerprint density at radius 1 is 0.714 bits per heavy atom. The number of phenolic OH excluding ortho intramolecular Hbond substituents is 2. The van der Waals surface area contributed by atoms with Gasteiger partial charge in [-0.2, -0.15) is 10.2 Å². The fraction of sp³-hybridized carbons (Fsp3) is 0.200. The van der Waals surface area contributed by atoms with Crippen LogP contribution in [0.1, 0.15) is 36.8 Å². The average molecular weight is 382 g/mol. The van der Waals surface area contributed by atoms with Crippen molar-refractivity contribution in [3.05, 3.63) is 59.7 Å². The zero-order valence-electron chi connectivity index (χ0n) is 15.2. The molecule has 0 unspecified atom stereocenters. The van der Waals surface area contributed by atoms with Gasteiger partial charge < -0.3 is 10.2 Å². The largest absolute Gasteiger partial charge is 0.508 e. The van der Waals surface area contributed by atoms with Crippen molar-refractivity contribution in [2.75, 3.05) is 0 Å². The van der Waals surface area contributed by atoms with Crippen LogP contribution < -0.4 is 10.9 Å². The molecule has 28 heavy (non-hydrogen) atoms. The number of hydrogen-bond donors (Lipinski definition) is 4. The fourth-order valence-corrected chi connectivity index (χ4v) is 2.16. The third-order valence-electron chi connectivity index (χ3n) is 3.65. The molecule has 146 valence electrons. The van der Waals surface area contributed by atoms with Crippen molar-refractivity contribution in [3.8, 4) is 11.5 Å². The van der Waals surface area contributed by atoms with Crippen molar-refractivity contribution in [1.82, 2.24) is 10.9 Å². The Bertz CT molecular complexity index is 759. The third-order valence-corrected chi connectivity index (χ3v) is 3.65. The summed E-state index contributed by atoms with van der Waals surface area (Å²) in [5.74, 6) is -0.144. The van der Waals surface area contributed by atoms with Crippen molar-refractivity contribution < 1.29 is 19.8 Å². The predicted molar refractivity (Wildman–Crippen MR) is 106 cm³/mol. The van der Waals surface area contributed by atoms with E-state index in [0.29, 0.717) is 12.8 Å². The third kappa shape index (κ3) is 8.13. The second kappa shape index (κ2) is 11.1. The zero-order chi connectivity index (χ0) is 20.2. The number of carbonyl (C=O) groups excluding carboxylic acids is 2. The Morgan fingerprint density at radius 3 is 1.43 bits per heavy atom. The van der Waals surface area contributed by atoms with Crippen LogP contribution in [0.2, 0.25) is 0 Å². The van der Waals surface area contributed by atoms with Crippen LogP contribution in [-0.4, -0.2) is 34.5 Å². The highest BCUT2D eigenvalue weighted by Crippen LogP contribution is 2.08. The van der Waals surface area contributed by atoms with Crippen LogP contribution in [0.3, 0.4) is 0 Å². The smallest absolute Gasteiger partial charge is 0.240 e. The van der Waals surface area contributed by atoms with Crippen molar-refractivity contribution in [1.29, 1.82) is 0 Å². The number of nitrogens with zero attached hydrogens (tertiary/aromatic N) is 2. The van der Waals surface area contributed by atoms with Crippen molar-refractivity contribution >= 4 is 24.2 Å². The first kappa shape index (κ1) is 20.6. The standard InChI is InChI=1S/C20H22N4O4/c25-17-9-5-15(6-10-17)13-21-23-19(27)3-1-2-4-20(28)24-22-14-16-7-11-18(26)12-8-16/h5-14,25-26H,1-4H2,(H,23,27)(H,24,28). The molecule has 2 aromatic carbocycles. The van der Waals surface area contributed by atoms with Crippen LogP contribution in [0.15, 0.2) is 58.7 Å². The molecule has 0 atom stereocenters. The number of benzene rings is 2. The molecule has 0 saturated heterocycles. The number of phenols is 2. The van der Waals surface area contributed by atoms with Crippen molar-refractivity contribution in [2.24, 2.45) is 10.2 Å². The Kier molecular flexibility index (Phi) is 8.19. The van der Waals surface area contributed by atoms with Crippen LogP contribution >= 0.6 is 0 Å². The van der Waals surface area contributed by atoms with Gasteiger partial charge in [-0.3, -0.25) is 9.59 Å². The summed E-state index contributed by atoms with van der Waals surface area (Å²) in [6.45, 7) is 0. The van der Waals surface area contributed by atoms with E-state index in [4.69, 9.17) is 0 Å². The molecular weight excluding hydrogens is 360 g/mol. The Balaban J connectivity index is 1.57. The minimum atomic E-state index is -0.235. The number of hydrazone groups is 2. The lowest BCUT2D eigenvalue weighted by Gasteiger charge is -2.01. The highest BCUT2D eigenvalue weighted by molar-refractivity contribution is 5.83. The first-order valence-corrected chi connectivity index (χ1v) is 8.75. The number of nitrogens with one attached hydrogen (secondary N) is 2. The first-order chi connectivity index (χ1) is 13.5. The minimum Gasteiger partial charge on any atom is -0.508 e. The maximum atomic E-state index is 11.7. The van der Waals surface area contributed by atoms with E-state index < -0.39 is 0 Å². The van der Waals surface area contributed by atoms with Gasteiger partial charge in [0.2, 0.25) is 11.8 Å². The maximum Gasteiger partial charge on any atom is 0.240 e. The van der Waals surface area contributed by atoms with Gasteiger partial charge in [0.15, 0.2) is 0 Å². The Morgan fingerprint density at radius 2 is 1.07 bits per heavy atom. The van der Waals surface area contributed by atoms with E-state index in [1.165, 1.54) is 36.7 Å². The summed E-state index contributed by atoms with van der Waals surface area (Å²) in [5.41, 5.74) is 6.34. The molecule has 0 saturated carbocycles. The molecule has 8 heteroatoms. The normalized spacial score (nSPS) is 11.0. The second-order valence-electron chi connectivity index (χ2n) is 5.98. The maximum absolute atomic E-state index is 11.7. The van der Waals surface area contributed by atoms with E-state index in [1.807, 2.05) is 0 Å². The van der Waals surface area contributed by atoms with Crippen molar-refractivity contribution in [2.45, 2.75) is 25.7 Å². The number of aromatic hydroxyl groups is 2. The minimum absolute atomic E-state index is 0.163.